The van der Waals surface area contributed by atoms with Gasteiger partial charge in [0.05, 0.1) is 18.6 Å². The second-order valence-electron chi connectivity index (χ2n) is 7.87. The molecule has 0 saturated heterocycles. The van der Waals surface area contributed by atoms with Gasteiger partial charge in [0.15, 0.2) is 17.2 Å². The van der Waals surface area contributed by atoms with Crippen molar-refractivity contribution in [1.82, 2.24) is 24.4 Å². The summed E-state index contributed by atoms with van der Waals surface area (Å²) >= 11 is 6.65. The molecule has 10 nitrogen and oxygen atoms in total. The molecule has 1 aliphatic heterocycles. The molecule has 168 valence electrons. The van der Waals surface area contributed by atoms with Gasteiger partial charge in [0.2, 0.25) is 5.95 Å². The summed E-state index contributed by atoms with van der Waals surface area (Å²) in [5.74, 6) is 1.43. The van der Waals surface area contributed by atoms with E-state index in [1.165, 1.54) is 6.20 Å². The third-order valence-corrected chi connectivity index (χ3v) is 5.89. The number of hydrogen-bond donors (Lipinski definition) is 3. The van der Waals surface area contributed by atoms with Crippen LogP contribution in [0.25, 0.3) is 11.2 Å². The van der Waals surface area contributed by atoms with Gasteiger partial charge in [-0.05, 0) is 30.4 Å². The topological polar surface area (TPSA) is 122 Å². The van der Waals surface area contributed by atoms with Crippen molar-refractivity contribution in [3.63, 3.8) is 0 Å². The number of pyridine rings is 2. The molecule has 11 heteroatoms. The van der Waals surface area contributed by atoms with Crippen LogP contribution in [0.1, 0.15) is 24.3 Å². The van der Waals surface area contributed by atoms with Crippen molar-refractivity contribution in [2.75, 3.05) is 5.32 Å². The number of rotatable bonds is 6. The number of nitrogens with one attached hydrogen (secondary N) is 3. The Hall–Kier alpha value is -3.92. The van der Waals surface area contributed by atoms with E-state index in [4.69, 9.17) is 21.7 Å². The molecule has 0 aromatic carbocycles. The number of aryl methyl sites for hydroxylation is 2. The first-order chi connectivity index (χ1) is 16.0. The van der Waals surface area contributed by atoms with Gasteiger partial charge in [-0.25, -0.2) is 4.98 Å². The lowest BCUT2D eigenvalue weighted by Crippen LogP contribution is -2.20. The lowest BCUT2D eigenvalue weighted by molar-refractivity contribution is 0.449. The molecule has 1 fully saturated rings. The standard InChI is InChI=1S/C22H21ClN8O2/c1-30-11-13(12-3-4-12)7-14(21(30)32)28-22-29-20-19(31(22)2)18(23)17(10-27-20)33-16(8-24)15-9-25-5-6-26-15/h5-12,24,26H,3-4H2,1-2H3,(H,27,28,29)/b16-15+,24-8?. The van der Waals surface area contributed by atoms with Crippen LogP contribution in [0.15, 0.2) is 52.1 Å². The Morgan fingerprint density at radius 1 is 1.39 bits per heavy atom. The molecule has 3 aromatic heterocycles. The van der Waals surface area contributed by atoms with Crippen LogP contribution in [0.5, 0.6) is 5.75 Å². The fraction of sp³-hybridized carbons (Fsp3) is 0.227. The molecule has 0 spiro atoms. The molecule has 0 bridgehead atoms. The number of hydrogen-bond acceptors (Lipinski definition) is 8. The van der Waals surface area contributed by atoms with Crippen LogP contribution in [0.4, 0.5) is 11.6 Å². The fourth-order valence-electron chi connectivity index (χ4n) is 3.62. The maximum atomic E-state index is 12.7. The van der Waals surface area contributed by atoms with Gasteiger partial charge in [-0.15, -0.1) is 0 Å². The second kappa shape index (κ2) is 8.21. The highest BCUT2D eigenvalue weighted by Crippen LogP contribution is 2.40. The number of ether oxygens (including phenoxy) is 1. The highest BCUT2D eigenvalue weighted by molar-refractivity contribution is 6.36. The third kappa shape index (κ3) is 3.89. The Morgan fingerprint density at radius 2 is 2.21 bits per heavy atom. The monoisotopic (exact) mass is 464 g/mol. The van der Waals surface area contributed by atoms with E-state index >= 15 is 0 Å². The lowest BCUT2D eigenvalue weighted by atomic mass is 10.2. The minimum absolute atomic E-state index is 0.146. The first kappa shape index (κ1) is 21.0. The molecule has 0 atom stereocenters. The van der Waals surface area contributed by atoms with E-state index in [0.717, 1.165) is 24.6 Å². The number of aromatic nitrogens is 4. The maximum absolute atomic E-state index is 12.7. The normalized spacial score (nSPS) is 16.6. The smallest absolute Gasteiger partial charge is 0.274 e. The van der Waals surface area contributed by atoms with Crippen molar-refractivity contribution in [3.05, 3.63) is 63.3 Å². The minimum atomic E-state index is -0.146. The van der Waals surface area contributed by atoms with Crippen molar-refractivity contribution >= 4 is 46.8 Å². The zero-order chi connectivity index (χ0) is 23.1. The Morgan fingerprint density at radius 3 is 2.91 bits per heavy atom. The molecule has 0 amide bonds. The molecule has 4 heterocycles. The summed E-state index contributed by atoms with van der Waals surface area (Å²) in [5.41, 5.74) is 2.88. The Bertz CT molecular complexity index is 1430. The van der Waals surface area contributed by atoms with Crippen molar-refractivity contribution in [3.8, 4) is 5.75 Å². The van der Waals surface area contributed by atoms with Crippen LogP contribution in [0, 0.1) is 5.41 Å². The van der Waals surface area contributed by atoms with Crippen molar-refractivity contribution in [1.29, 1.82) is 5.41 Å². The molecule has 0 unspecified atom stereocenters. The number of imidazole rings is 1. The largest absolute Gasteiger partial charge is 0.450 e. The van der Waals surface area contributed by atoms with Crippen molar-refractivity contribution in [2.45, 2.75) is 18.8 Å². The number of aliphatic imine (C=N–C) groups is 1. The van der Waals surface area contributed by atoms with Gasteiger partial charge in [-0.3, -0.25) is 9.79 Å². The zero-order valence-corrected chi connectivity index (χ0v) is 18.7. The molecule has 0 radical (unpaired) electrons. The van der Waals surface area contributed by atoms with Gasteiger partial charge in [0.25, 0.3) is 5.56 Å². The molecule has 2 aliphatic rings. The average Bonchev–Trinajstić information content (AvgIpc) is 3.62. The number of halogens is 1. The first-order valence-electron chi connectivity index (χ1n) is 10.3. The highest BCUT2D eigenvalue weighted by Gasteiger charge is 2.25. The lowest BCUT2D eigenvalue weighted by Gasteiger charge is -2.13. The Balaban J connectivity index is 1.51. The van der Waals surface area contributed by atoms with Crippen molar-refractivity contribution in [2.24, 2.45) is 19.1 Å². The van der Waals surface area contributed by atoms with Gasteiger partial charge in [-0.2, -0.15) is 4.98 Å². The van der Waals surface area contributed by atoms with Crippen LogP contribution < -0.4 is 20.9 Å². The number of anilines is 2. The molecular formula is C22H21ClN8O2. The summed E-state index contributed by atoms with van der Waals surface area (Å²) in [5, 5.41) is 14.1. The molecular weight excluding hydrogens is 444 g/mol. The summed E-state index contributed by atoms with van der Waals surface area (Å²) in [7, 11) is 3.52. The zero-order valence-electron chi connectivity index (χ0n) is 18.0. The molecule has 33 heavy (non-hydrogen) atoms. The van der Waals surface area contributed by atoms with E-state index < -0.39 is 0 Å². The summed E-state index contributed by atoms with van der Waals surface area (Å²) in [6.45, 7) is 0. The quantitative estimate of drug-likeness (QED) is 0.380. The fourth-order valence-corrected chi connectivity index (χ4v) is 3.92. The van der Waals surface area contributed by atoms with Crippen LogP contribution >= 0.6 is 11.6 Å². The van der Waals surface area contributed by atoms with Gasteiger partial charge < -0.3 is 29.9 Å². The van der Waals surface area contributed by atoms with Crippen molar-refractivity contribution < 1.29 is 4.74 Å². The van der Waals surface area contributed by atoms with E-state index in [1.807, 2.05) is 12.3 Å². The Labute approximate surface area is 193 Å². The van der Waals surface area contributed by atoms with E-state index in [9.17, 15) is 4.79 Å². The highest BCUT2D eigenvalue weighted by atomic mass is 35.5. The summed E-state index contributed by atoms with van der Waals surface area (Å²) in [6, 6.07) is 1.89. The van der Waals surface area contributed by atoms with E-state index in [2.05, 4.69) is 25.6 Å². The van der Waals surface area contributed by atoms with Crippen LogP contribution in [-0.4, -0.2) is 31.5 Å². The maximum Gasteiger partial charge on any atom is 0.274 e. The van der Waals surface area contributed by atoms with Gasteiger partial charge in [0, 0.05) is 32.7 Å². The number of nitrogens with zero attached hydrogens (tertiary/aromatic N) is 5. The summed E-state index contributed by atoms with van der Waals surface area (Å²) in [4.78, 5) is 25.6. The Kier molecular flexibility index (Phi) is 5.21. The first-order valence-corrected chi connectivity index (χ1v) is 10.7. The SMILES string of the molecule is Cn1cc(C2CC2)cc(Nc2nc3ncc(O/C(C=N)=C4\C=NC=CN4)c(Cl)c3n2C)c1=O. The molecule has 3 aromatic rings. The van der Waals surface area contributed by atoms with Gasteiger partial charge in [-0.1, -0.05) is 11.6 Å². The third-order valence-electron chi connectivity index (χ3n) is 5.52. The predicted octanol–water partition coefficient (Wildman–Crippen LogP) is 3.33. The van der Waals surface area contributed by atoms with E-state index in [0.29, 0.717) is 34.4 Å². The van der Waals surface area contributed by atoms with Gasteiger partial charge in [0.1, 0.15) is 21.9 Å². The number of fused-ring (bicyclic) bond motifs is 1. The molecule has 1 aliphatic carbocycles. The molecule has 5 rings (SSSR count). The van der Waals surface area contributed by atoms with Crippen LogP contribution in [0.2, 0.25) is 5.02 Å². The predicted molar refractivity (Wildman–Crippen MR) is 128 cm³/mol. The summed E-state index contributed by atoms with van der Waals surface area (Å²) in [6.07, 6.45) is 11.4. The van der Waals surface area contributed by atoms with Crippen LogP contribution in [-0.2, 0) is 14.1 Å². The number of allylic oxidation sites excluding steroid dienone is 2. The van der Waals surface area contributed by atoms with E-state index in [1.54, 1.807) is 41.8 Å². The van der Waals surface area contributed by atoms with E-state index in [-0.39, 0.29) is 22.1 Å². The van der Waals surface area contributed by atoms with Crippen LogP contribution in [0.3, 0.4) is 0 Å². The second-order valence-corrected chi connectivity index (χ2v) is 8.25. The summed E-state index contributed by atoms with van der Waals surface area (Å²) < 4.78 is 9.15. The molecule has 3 N–H and O–H groups in total. The average molecular weight is 465 g/mol. The minimum Gasteiger partial charge on any atom is -0.450 e. The van der Waals surface area contributed by atoms with Gasteiger partial charge >= 0.3 is 0 Å². The molecule has 1 saturated carbocycles.